The minimum Gasteiger partial charge on any atom is -0.328 e. The molecule has 3 nitrogen and oxygen atoms in total. The molecule has 0 amide bonds. The molecule has 1 fully saturated rings. The lowest BCUT2D eigenvalue weighted by molar-refractivity contribution is 0.353. The summed E-state index contributed by atoms with van der Waals surface area (Å²) in [4.78, 5) is 2.34. The topological polar surface area (TPSA) is 55.3 Å². The highest BCUT2D eigenvalue weighted by atomic mass is 15.1. The first kappa shape index (κ1) is 9.96. The molecule has 0 aromatic heterocycles. The Labute approximate surface area is 75.1 Å². The van der Waals surface area contributed by atoms with E-state index in [1.54, 1.807) is 0 Å². The molecule has 3 unspecified atom stereocenters. The lowest BCUT2D eigenvalue weighted by atomic mass is 9.94. The van der Waals surface area contributed by atoms with E-state index in [0.717, 1.165) is 13.0 Å². The Morgan fingerprint density at radius 2 is 2.17 bits per heavy atom. The summed E-state index contributed by atoms with van der Waals surface area (Å²) in [6.07, 6.45) is 2.20. The van der Waals surface area contributed by atoms with Crippen molar-refractivity contribution in [2.75, 3.05) is 20.1 Å². The second-order valence-corrected chi connectivity index (χ2v) is 4.19. The molecule has 4 N–H and O–H groups in total. The third-order valence-electron chi connectivity index (χ3n) is 2.68. The molecule has 0 aliphatic carbocycles. The molecule has 1 heterocycles. The van der Waals surface area contributed by atoms with Gasteiger partial charge >= 0.3 is 0 Å². The summed E-state index contributed by atoms with van der Waals surface area (Å²) in [7, 11) is 2.15. The van der Waals surface area contributed by atoms with Gasteiger partial charge in [-0.25, -0.2) is 0 Å². The van der Waals surface area contributed by atoms with Gasteiger partial charge in [-0.15, -0.1) is 0 Å². The standard InChI is InChI=1S/C9H21N3/c1-7(10)5-9(11)8-3-4-12(2)6-8/h7-9H,3-6,10-11H2,1-2H3. The average Bonchev–Trinajstić information content (AvgIpc) is 2.34. The van der Waals surface area contributed by atoms with Crippen molar-refractivity contribution < 1.29 is 0 Å². The highest BCUT2D eigenvalue weighted by molar-refractivity contribution is 4.83. The first-order valence-electron chi connectivity index (χ1n) is 4.79. The van der Waals surface area contributed by atoms with Gasteiger partial charge in [0.25, 0.3) is 0 Å². The fraction of sp³-hybridized carbons (Fsp3) is 1.00. The lowest BCUT2D eigenvalue weighted by Gasteiger charge is -2.20. The first-order valence-corrected chi connectivity index (χ1v) is 4.79. The van der Waals surface area contributed by atoms with Crippen LogP contribution in [-0.2, 0) is 0 Å². The Hall–Kier alpha value is -0.120. The Balaban J connectivity index is 2.28. The number of hydrogen-bond donors (Lipinski definition) is 2. The molecule has 3 atom stereocenters. The zero-order valence-corrected chi connectivity index (χ0v) is 8.16. The van der Waals surface area contributed by atoms with Crippen molar-refractivity contribution in [3.8, 4) is 0 Å². The molecular weight excluding hydrogens is 150 g/mol. The van der Waals surface area contributed by atoms with E-state index >= 15 is 0 Å². The molecule has 3 heteroatoms. The molecule has 0 bridgehead atoms. The van der Waals surface area contributed by atoms with Crippen LogP contribution in [0.25, 0.3) is 0 Å². The van der Waals surface area contributed by atoms with Crippen LogP contribution in [0.1, 0.15) is 19.8 Å². The van der Waals surface area contributed by atoms with Gasteiger partial charge in [0.1, 0.15) is 0 Å². The summed E-state index contributed by atoms with van der Waals surface area (Å²) < 4.78 is 0. The molecule has 0 aromatic carbocycles. The van der Waals surface area contributed by atoms with Gasteiger partial charge < -0.3 is 16.4 Å². The minimum atomic E-state index is 0.242. The van der Waals surface area contributed by atoms with Gasteiger partial charge in [0.05, 0.1) is 0 Å². The molecule has 1 rings (SSSR count). The quantitative estimate of drug-likeness (QED) is 0.628. The van der Waals surface area contributed by atoms with Crippen molar-refractivity contribution in [1.82, 2.24) is 4.90 Å². The van der Waals surface area contributed by atoms with Gasteiger partial charge in [0.15, 0.2) is 0 Å². The predicted molar refractivity (Wildman–Crippen MR) is 51.8 cm³/mol. The van der Waals surface area contributed by atoms with Crippen LogP contribution >= 0.6 is 0 Å². The molecule has 72 valence electrons. The van der Waals surface area contributed by atoms with Gasteiger partial charge in [0, 0.05) is 18.6 Å². The van der Waals surface area contributed by atoms with Crippen LogP contribution in [0.3, 0.4) is 0 Å². The molecule has 12 heavy (non-hydrogen) atoms. The van der Waals surface area contributed by atoms with E-state index < -0.39 is 0 Å². The monoisotopic (exact) mass is 171 g/mol. The van der Waals surface area contributed by atoms with Crippen LogP contribution in [0, 0.1) is 5.92 Å². The van der Waals surface area contributed by atoms with Crippen molar-refractivity contribution in [2.24, 2.45) is 17.4 Å². The van der Waals surface area contributed by atoms with Crippen molar-refractivity contribution in [3.05, 3.63) is 0 Å². The minimum absolute atomic E-state index is 0.242. The number of rotatable bonds is 3. The zero-order chi connectivity index (χ0) is 9.14. The van der Waals surface area contributed by atoms with Crippen LogP contribution in [-0.4, -0.2) is 37.1 Å². The summed E-state index contributed by atoms with van der Waals surface area (Å²) in [6, 6.07) is 0.542. The number of nitrogens with two attached hydrogens (primary N) is 2. The normalized spacial score (nSPS) is 30.5. The summed E-state index contributed by atoms with van der Waals surface area (Å²) in [5, 5.41) is 0. The maximum atomic E-state index is 6.04. The van der Waals surface area contributed by atoms with Gasteiger partial charge in [-0.3, -0.25) is 0 Å². The fourth-order valence-electron chi connectivity index (χ4n) is 1.94. The van der Waals surface area contributed by atoms with Crippen molar-refractivity contribution in [3.63, 3.8) is 0 Å². The van der Waals surface area contributed by atoms with Crippen LogP contribution < -0.4 is 11.5 Å². The average molecular weight is 171 g/mol. The number of likely N-dealkylation sites (tertiary alicyclic amines) is 1. The Kier molecular flexibility index (Phi) is 3.50. The largest absolute Gasteiger partial charge is 0.328 e. The van der Waals surface area contributed by atoms with Gasteiger partial charge in [0.2, 0.25) is 0 Å². The molecule has 1 aliphatic rings. The highest BCUT2D eigenvalue weighted by Gasteiger charge is 2.25. The molecule has 1 saturated heterocycles. The predicted octanol–water partition coefficient (Wildman–Crippen LogP) is 0.00270. The summed E-state index contributed by atoms with van der Waals surface area (Å²) in [6.45, 7) is 4.36. The fourth-order valence-corrected chi connectivity index (χ4v) is 1.94. The molecule has 1 aliphatic heterocycles. The van der Waals surface area contributed by atoms with Gasteiger partial charge in [-0.1, -0.05) is 0 Å². The summed E-state index contributed by atoms with van der Waals surface area (Å²) in [5.41, 5.74) is 11.7. The number of nitrogens with zero attached hydrogens (tertiary/aromatic N) is 1. The summed E-state index contributed by atoms with van der Waals surface area (Å²) >= 11 is 0. The van der Waals surface area contributed by atoms with E-state index in [1.807, 2.05) is 6.92 Å². The Morgan fingerprint density at radius 1 is 1.50 bits per heavy atom. The van der Waals surface area contributed by atoms with E-state index in [-0.39, 0.29) is 6.04 Å². The maximum absolute atomic E-state index is 6.04. The Morgan fingerprint density at radius 3 is 2.58 bits per heavy atom. The smallest absolute Gasteiger partial charge is 0.00944 e. The molecular formula is C9H21N3. The van der Waals surface area contributed by atoms with Crippen LogP contribution in [0.5, 0.6) is 0 Å². The van der Waals surface area contributed by atoms with E-state index in [4.69, 9.17) is 11.5 Å². The van der Waals surface area contributed by atoms with Crippen LogP contribution in [0.2, 0.25) is 0 Å². The van der Waals surface area contributed by atoms with Crippen molar-refractivity contribution in [1.29, 1.82) is 0 Å². The van der Waals surface area contributed by atoms with E-state index in [2.05, 4.69) is 11.9 Å². The van der Waals surface area contributed by atoms with Gasteiger partial charge in [-0.2, -0.15) is 0 Å². The zero-order valence-electron chi connectivity index (χ0n) is 8.16. The van der Waals surface area contributed by atoms with Gasteiger partial charge in [-0.05, 0) is 39.3 Å². The van der Waals surface area contributed by atoms with E-state index in [1.165, 1.54) is 13.0 Å². The third-order valence-corrected chi connectivity index (χ3v) is 2.68. The molecule has 0 aromatic rings. The van der Waals surface area contributed by atoms with E-state index in [9.17, 15) is 0 Å². The molecule has 0 saturated carbocycles. The lowest BCUT2D eigenvalue weighted by Crippen LogP contribution is -2.36. The van der Waals surface area contributed by atoms with E-state index in [0.29, 0.717) is 12.0 Å². The highest BCUT2D eigenvalue weighted by Crippen LogP contribution is 2.19. The second kappa shape index (κ2) is 4.21. The van der Waals surface area contributed by atoms with Crippen LogP contribution in [0.4, 0.5) is 0 Å². The molecule has 0 spiro atoms. The van der Waals surface area contributed by atoms with Crippen molar-refractivity contribution >= 4 is 0 Å². The second-order valence-electron chi connectivity index (χ2n) is 4.19. The SMILES string of the molecule is CC(N)CC(N)C1CCN(C)C1. The first-order chi connectivity index (χ1) is 5.59. The summed E-state index contributed by atoms with van der Waals surface area (Å²) in [5.74, 6) is 0.668. The Bertz CT molecular complexity index is 136. The third kappa shape index (κ3) is 2.73. The van der Waals surface area contributed by atoms with Crippen molar-refractivity contribution in [2.45, 2.75) is 31.8 Å². The maximum Gasteiger partial charge on any atom is 0.00944 e. The van der Waals surface area contributed by atoms with Crippen LogP contribution in [0.15, 0.2) is 0 Å². The molecule has 0 radical (unpaired) electrons. The number of hydrogen-bond acceptors (Lipinski definition) is 3.